The number of pyridine rings is 1. The number of ether oxygens (including phenoxy) is 1. The normalized spacial score (nSPS) is 12.4. The summed E-state index contributed by atoms with van der Waals surface area (Å²) in [5.74, 6) is 2.29. The van der Waals surface area contributed by atoms with Gasteiger partial charge in [0, 0.05) is 49.7 Å². The maximum atomic E-state index is 5.75. The molecule has 0 unspecified atom stereocenters. The molecule has 3 aromatic heterocycles. The van der Waals surface area contributed by atoms with E-state index in [0.717, 1.165) is 60.2 Å². The van der Waals surface area contributed by atoms with Crippen molar-refractivity contribution in [3.05, 3.63) is 47.8 Å². The van der Waals surface area contributed by atoms with E-state index in [2.05, 4.69) is 41.6 Å². The van der Waals surface area contributed by atoms with Crippen LogP contribution in [0.2, 0.25) is 0 Å². The Hall–Kier alpha value is -3.29. The fraction of sp³-hybridized carbons (Fsp3) is 0.316. The van der Waals surface area contributed by atoms with E-state index in [9.17, 15) is 0 Å². The van der Waals surface area contributed by atoms with E-state index in [4.69, 9.17) is 4.74 Å². The summed E-state index contributed by atoms with van der Waals surface area (Å²) in [7, 11) is 1.78. The molecule has 0 radical (unpaired) electrons. The molecule has 2 N–H and O–H groups in total. The number of nitrogens with one attached hydrogen (secondary N) is 2. The van der Waals surface area contributed by atoms with Gasteiger partial charge in [0.15, 0.2) is 0 Å². The Kier molecular flexibility index (Phi) is 4.78. The Morgan fingerprint density at radius 1 is 1.11 bits per heavy atom. The van der Waals surface area contributed by atoms with Crippen LogP contribution < -0.4 is 15.4 Å². The molecule has 8 heteroatoms. The van der Waals surface area contributed by atoms with Crippen LogP contribution in [-0.2, 0) is 12.8 Å². The first-order chi connectivity index (χ1) is 13.2. The Morgan fingerprint density at radius 2 is 1.96 bits per heavy atom. The third kappa shape index (κ3) is 3.79. The van der Waals surface area contributed by atoms with Gasteiger partial charge in [-0.15, -0.1) is 0 Å². The summed E-state index contributed by atoms with van der Waals surface area (Å²) in [5.41, 5.74) is 4.91. The third-order valence-electron chi connectivity index (χ3n) is 4.37. The Morgan fingerprint density at radius 3 is 2.78 bits per heavy atom. The zero-order chi connectivity index (χ0) is 18.6. The molecule has 0 bridgehead atoms. The van der Waals surface area contributed by atoms with Gasteiger partial charge in [0.2, 0.25) is 5.95 Å². The van der Waals surface area contributed by atoms with Crippen molar-refractivity contribution in [2.24, 2.45) is 0 Å². The van der Waals surface area contributed by atoms with Crippen molar-refractivity contribution in [3.63, 3.8) is 0 Å². The molecule has 0 aliphatic carbocycles. The van der Waals surface area contributed by atoms with E-state index in [-0.39, 0.29) is 0 Å². The van der Waals surface area contributed by atoms with Crippen molar-refractivity contribution in [1.29, 1.82) is 0 Å². The van der Waals surface area contributed by atoms with E-state index < -0.39 is 0 Å². The highest BCUT2D eigenvalue weighted by Gasteiger charge is 2.18. The summed E-state index contributed by atoms with van der Waals surface area (Å²) in [6, 6.07) is 3.99. The molecule has 0 spiro atoms. The van der Waals surface area contributed by atoms with E-state index in [1.165, 1.54) is 5.56 Å². The van der Waals surface area contributed by atoms with E-state index >= 15 is 0 Å². The van der Waals surface area contributed by atoms with Gasteiger partial charge in [-0.1, -0.05) is 0 Å². The van der Waals surface area contributed by atoms with Crippen LogP contribution in [0.15, 0.2) is 30.9 Å². The predicted octanol–water partition coefficient (Wildman–Crippen LogP) is 2.27. The third-order valence-corrected chi connectivity index (χ3v) is 4.37. The van der Waals surface area contributed by atoms with E-state index in [1.807, 2.05) is 13.0 Å². The van der Waals surface area contributed by atoms with Crippen LogP contribution in [-0.4, -0.2) is 45.1 Å². The van der Waals surface area contributed by atoms with Gasteiger partial charge in [0.05, 0.1) is 18.0 Å². The van der Waals surface area contributed by atoms with Crippen molar-refractivity contribution >= 4 is 11.8 Å². The fourth-order valence-corrected chi connectivity index (χ4v) is 3.11. The number of hydrogen-bond donors (Lipinski definition) is 2. The molecule has 0 saturated heterocycles. The van der Waals surface area contributed by atoms with Crippen LogP contribution in [0.3, 0.4) is 0 Å². The maximum Gasteiger partial charge on any atom is 0.222 e. The lowest BCUT2D eigenvalue weighted by molar-refractivity contribution is 0.353. The SMILES string of the molecule is CNc1ncc(-c2cc(NCCc3cc(C)nc4c3OCC4)ncn2)cn1. The molecular weight excluding hydrogens is 342 g/mol. The number of aromatic nitrogens is 5. The highest BCUT2D eigenvalue weighted by Crippen LogP contribution is 2.29. The summed E-state index contributed by atoms with van der Waals surface area (Å²) in [5, 5.41) is 6.26. The van der Waals surface area contributed by atoms with Crippen molar-refractivity contribution in [1.82, 2.24) is 24.9 Å². The van der Waals surface area contributed by atoms with Crippen LogP contribution in [0.1, 0.15) is 17.0 Å². The van der Waals surface area contributed by atoms with Crippen molar-refractivity contribution in [2.75, 3.05) is 30.8 Å². The number of aryl methyl sites for hydroxylation is 1. The van der Waals surface area contributed by atoms with E-state index in [1.54, 1.807) is 25.8 Å². The highest BCUT2D eigenvalue weighted by atomic mass is 16.5. The van der Waals surface area contributed by atoms with Crippen molar-refractivity contribution in [2.45, 2.75) is 19.8 Å². The molecule has 8 nitrogen and oxygen atoms in total. The number of fused-ring (bicyclic) bond motifs is 1. The minimum Gasteiger partial charge on any atom is -0.491 e. The molecule has 4 rings (SSSR count). The van der Waals surface area contributed by atoms with Crippen LogP contribution in [0.5, 0.6) is 5.75 Å². The second-order valence-electron chi connectivity index (χ2n) is 6.31. The summed E-state index contributed by atoms with van der Waals surface area (Å²) in [6.07, 6.45) is 6.75. The quantitative estimate of drug-likeness (QED) is 0.688. The average molecular weight is 363 g/mol. The monoisotopic (exact) mass is 363 g/mol. The first-order valence-electron chi connectivity index (χ1n) is 8.91. The molecule has 1 aliphatic rings. The second kappa shape index (κ2) is 7.53. The minimum atomic E-state index is 0.577. The lowest BCUT2D eigenvalue weighted by Gasteiger charge is -2.10. The van der Waals surface area contributed by atoms with Gasteiger partial charge < -0.3 is 15.4 Å². The van der Waals surface area contributed by atoms with Crippen LogP contribution >= 0.6 is 0 Å². The maximum absolute atomic E-state index is 5.75. The molecule has 0 aromatic carbocycles. The van der Waals surface area contributed by atoms with Crippen molar-refractivity contribution in [3.8, 4) is 17.0 Å². The summed E-state index contributed by atoms with van der Waals surface area (Å²) in [4.78, 5) is 21.6. The number of rotatable bonds is 6. The first kappa shape index (κ1) is 17.1. The molecule has 27 heavy (non-hydrogen) atoms. The second-order valence-corrected chi connectivity index (χ2v) is 6.31. The van der Waals surface area contributed by atoms with Gasteiger partial charge in [-0.25, -0.2) is 19.9 Å². The zero-order valence-corrected chi connectivity index (χ0v) is 15.4. The molecule has 0 saturated carbocycles. The summed E-state index contributed by atoms with van der Waals surface area (Å²) >= 11 is 0. The number of anilines is 2. The van der Waals surface area contributed by atoms with Crippen LogP contribution in [0, 0.1) is 6.92 Å². The molecule has 0 atom stereocenters. The largest absolute Gasteiger partial charge is 0.491 e. The fourth-order valence-electron chi connectivity index (χ4n) is 3.11. The highest BCUT2D eigenvalue weighted by molar-refractivity contribution is 5.60. The van der Waals surface area contributed by atoms with Crippen molar-refractivity contribution < 1.29 is 4.74 Å². The van der Waals surface area contributed by atoms with Gasteiger partial charge >= 0.3 is 0 Å². The van der Waals surface area contributed by atoms with Gasteiger partial charge in [0.1, 0.15) is 17.9 Å². The van der Waals surface area contributed by atoms with E-state index in [0.29, 0.717) is 5.95 Å². The Bertz CT molecular complexity index is 943. The topological polar surface area (TPSA) is 97.7 Å². The number of hydrogen-bond acceptors (Lipinski definition) is 8. The molecule has 0 amide bonds. The summed E-state index contributed by atoms with van der Waals surface area (Å²) in [6.45, 7) is 3.48. The predicted molar refractivity (Wildman–Crippen MR) is 103 cm³/mol. The summed E-state index contributed by atoms with van der Waals surface area (Å²) < 4.78 is 5.75. The minimum absolute atomic E-state index is 0.577. The first-order valence-corrected chi connectivity index (χ1v) is 8.91. The van der Waals surface area contributed by atoms with Gasteiger partial charge in [-0.2, -0.15) is 0 Å². The zero-order valence-electron chi connectivity index (χ0n) is 15.4. The average Bonchev–Trinajstić information content (AvgIpc) is 3.17. The lowest BCUT2D eigenvalue weighted by atomic mass is 10.1. The van der Waals surface area contributed by atoms with Gasteiger partial charge in [0.25, 0.3) is 0 Å². The van der Waals surface area contributed by atoms with Crippen LogP contribution in [0.4, 0.5) is 11.8 Å². The molecule has 0 fully saturated rings. The Labute approximate surface area is 157 Å². The van der Waals surface area contributed by atoms with Gasteiger partial charge in [-0.05, 0) is 25.0 Å². The molecule has 1 aliphatic heterocycles. The smallest absolute Gasteiger partial charge is 0.222 e. The molecule has 138 valence electrons. The molecular formula is C19H21N7O. The molecule has 3 aromatic rings. The Balaban J connectivity index is 1.43. The lowest BCUT2D eigenvalue weighted by Crippen LogP contribution is -2.08. The number of nitrogens with zero attached hydrogens (tertiary/aromatic N) is 5. The molecule has 4 heterocycles. The van der Waals surface area contributed by atoms with Gasteiger partial charge in [-0.3, -0.25) is 4.98 Å². The standard InChI is InChI=1S/C19H21N7O/c1-12-7-13(18-15(26-12)4-6-27-18)3-5-21-17-8-16(24-11-25-17)14-9-22-19(20-2)23-10-14/h7-11H,3-6H2,1-2H3,(H,20,22,23)(H,21,24,25). The van der Waals surface area contributed by atoms with Crippen LogP contribution in [0.25, 0.3) is 11.3 Å².